The van der Waals surface area contributed by atoms with Crippen molar-refractivity contribution in [1.29, 1.82) is 0 Å². The van der Waals surface area contributed by atoms with E-state index in [-0.39, 0.29) is 71.9 Å². The number of aliphatic hydroxyl groups excluding tert-OH is 1. The molecule has 3 aromatic carbocycles. The third-order valence-electron chi connectivity index (χ3n) is 11.4. The molecule has 0 aliphatic carbocycles. The molecule has 0 saturated carbocycles. The van der Waals surface area contributed by atoms with Gasteiger partial charge in [0.1, 0.15) is 48.4 Å². The van der Waals surface area contributed by atoms with Crippen molar-refractivity contribution in [3.63, 3.8) is 0 Å². The van der Waals surface area contributed by atoms with Crippen molar-refractivity contribution in [3.8, 4) is 34.1 Å². The Labute approximate surface area is 424 Å². The van der Waals surface area contributed by atoms with Crippen molar-refractivity contribution in [2.45, 2.75) is 77.2 Å². The molecule has 0 radical (unpaired) electrons. The number of carbonyl (C=O) groups is 6. The molecule has 5 atom stereocenters. The molecular formula is C49H67N9O14S. The molecule has 4 bridgehead atoms. The van der Waals surface area contributed by atoms with Crippen LogP contribution in [0.1, 0.15) is 57.7 Å². The molecule has 73 heavy (non-hydrogen) atoms. The number of amides is 5. The smallest absolute Gasteiger partial charge is 0.326 e. The van der Waals surface area contributed by atoms with Gasteiger partial charge >= 0.3 is 5.97 Å². The van der Waals surface area contributed by atoms with E-state index in [0.29, 0.717) is 30.0 Å². The number of aliphatic hydroxyl groups is 1. The van der Waals surface area contributed by atoms with Crippen molar-refractivity contribution < 1.29 is 66.7 Å². The molecule has 1 aliphatic rings. The van der Waals surface area contributed by atoms with Crippen LogP contribution in [0.5, 0.6) is 23.0 Å². The molecule has 398 valence electrons. The summed E-state index contributed by atoms with van der Waals surface area (Å²) in [4.78, 5) is 85.1. The van der Waals surface area contributed by atoms with Gasteiger partial charge < -0.3 is 66.7 Å². The lowest BCUT2D eigenvalue weighted by Crippen LogP contribution is -2.57. The first-order valence-electron chi connectivity index (χ1n) is 23.1. The molecule has 0 fully saturated rings. The number of nitrogens with one attached hydrogen (secondary N) is 4. The summed E-state index contributed by atoms with van der Waals surface area (Å²) >= 11 is 0. The largest absolute Gasteiger partial charge is 0.504 e. The van der Waals surface area contributed by atoms with E-state index in [0.717, 1.165) is 30.5 Å². The number of nitrogens with zero attached hydrogens (tertiary/aromatic N) is 2. The Morgan fingerprint density at radius 2 is 1.63 bits per heavy atom. The van der Waals surface area contributed by atoms with Gasteiger partial charge in [0.2, 0.25) is 17.7 Å². The molecule has 0 saturated heterocycles. The Hall–Kier alpha value is -7.09. The zero-order chi connectivity index (χ0) is 54.4. The number of phenols is 1. The standard InChI is InChI=1S/C49H67N9O14S/c1-8-30(24-41(60)57(6)32-11-13-34(14-12-32)70-19-16-49(3,4)5)45(63)56-38(26-53-73(52,68)69)47(65)58(7)42-31-22-36(43(61)40(23-31)71-18-9-17-50)35-20-29(10-15-39(35)72-27-33(59)25-51)21-37(48(66)67)55-44(62)28(2)54-46(42)64/h8,10-15,20,22-24,28,33,37-38,42,53,59,61H,1,9,16-19,21,25-27,50-51H2,2-7H3,(H,54,64)(H,55,62)(H,56,63)(H,66,67)(H2,52,68,69)/b30-24+/t28-,33+,37?,38-,42?/m0/s1. The monoisotopic (exact) mass is 1040 g/mol. The second kappa shape index (κ2) is 26.0. The molecule has 0 aromatic heterocycles. The summed E-state index contributed by atoms with van der Waals surface area (Å²) in [6, 6.07) is 6.93. The van der Waals surface area contributed by atoms with E-state index in [1.165, 1.54) is 49.2 Å². The van der Waals surface area contributed by atoms with Crippen LogP contribution in [0.3, 0.4) is 0 Å². The van der Waals surface area contributed by atoms with Gasteiger partial charge in [-0.25, -0.2) is 9.93 Å². The Morgan fingerprint density at radius 3 is 2.23 bits per heavy atom. The Bertz CT molecular complexity index is 2640. The van der Waals surface area contributed by atoms with Crippen molar-refractivity contribution in [2.75, 3.05) is 58.5 Å². The zero-order valence-electron chi connectivity index (χ0n) is 41.7. The van der Waals surface area contributed by atoms with Crippen molar-refractivity contribution in [1.82, 2.24) is 25.6 Å². The maximum absolute atomic E-state index is 14.8. The number of rotatable bonds is 22. The number of carbonyl (C=O) groups excluding carboxylic acids is 5. The lowest BCUT2D eigenvalue weighted by Gasteiger charge is -2.33. The molecule has 24 heteroatoms. The molecule has 1 heterocycles. The van der Waals surface area contributed by atoms with Gasteiger partial charge in [-0.2, -0.15) is 13.1 Å². The summed E-state index contributed by atoms with van der Waals surface area (Å²) in [6.07, 6.45) is 1.66. The fraction of sp³-hybridized carbons (Fsp3) is 0.429. The van der Waals surface area contributed by atoms with Gasteiger partial charge in [0.15, 0.2) is 11.5 Å². The number of anilines is 1. The van der Waals surface area contributed by atoms with Crippen LogP contribution in [0, 0.1) is 5.41 Å². The maximum atomic E-state index is 14.8. The van der Waals surface area contributed by atoms with E-state index < -0.39 is 88.3 Å². The van der Waals surface area contributed by atoms with E-state index >= 15 is 0 Å². The van der Waals surface area contributed by atoms with Crippen LogP contribution in [-0.4, -0.2) is 142 Å². The minimum atomic E-state index is -4.55. The van der Waals surface area contributed by atoms with Gasteiger partial charge in [-0.15, -0.1) is 0 Å². The maximum Gasteiger partial charge on any atom is 0.326 e. The first kappa shape index (κ1) is 58.5. The highest BCUT2D eigenvalue weighted by Crippen LogP contribution is 2.45. The van der Waals surface area contributed by atoms with E-state index in [1.54, 1.807) is 24.3 Å². The first-order chi connectivity index (χ1) is 34.3. The Balaban J connectivity index is 1.83. The minimum Gasteiger partial charge on any atom is -0.504 e. The summed E-state index contributed by atoms with van der Waals surface area (Å²) in [6.45, 7) is 10.4. The van der Waals surface area contributed by atoms with Crippen LogP contribution >= 0.6 is 0 Å². The number of hydrogen-bond donors (Lipinski definition) is 10. The minimum absolute atomic E-state index is 0.0424. The van der Waals surface area contributed by atoms with Crippen LogP contribution in [-0.2, 0) is 45.4 Å². The molecule has 5 amide bonds. The third-order valence-corrected chi connectivity index (χ3v) is 11.9. The van der Waals surface area contributed by atoms with Gasteiger partial charge in [-0.3, -0.25) is 24.0 Å². The predicted octanol–water partition coefficient (Wildman–Crippen LogP) is 0.483. The molecule has 4 rings (SSSR count). The molecule has 0 spiro atoms. The number of hydrogen-bond acceptors (Lipinski definition) is 15. The van der Waals surface area contributed by atoms with Crippen molar-refractivity contribution in [3.05, 3.63) is 90.0 Å². The topological polar surface area (TPSA) is 358 Å². The number of aliphatic carboxylic acids is 1. The number of fused-ring (bicyclic) bond motifs is 5. The fourth-order valence-electron chi connectivity index (χ4n) is 7.13. The lowest BCUT2D eigenvalue weighted by molar-refractivity contribution is -0.143. The third kappa shape index (κ3) is 17.0. The Morgan fingerprint density at radius 1 is 0.945 bits per heavy atom. The second-order valence-electron chi connectivity index (χ2n) is 18.4. The van der Waals surface area contributed by atoms with E-state index in [1.807, 2.05) is 4.72 Å². The molecule has 2 unspecified atom stereocenters. The molecule has 3 aromatic rings. The average Bonchev–Trinajstić information content (AvgIpc) is 3.33. The molecule has 1 aliphatic heterocycles. The highest BCUT2D eigenvalue weighted by atomic mass is 32.2. The van der Waals surface area contributed by atoms with Crippen molar-refractivity contribution in [2.24, 2.45) is 22.0 Å². The van der Waals surface area contributed by atoms with Crippen LogP contribution in [0.15, 0.2) is 78.9 Å². The highest BCUT2D eigenvalue weighted by molar-refractivity contribution is 7.87. The van der Waals surface area contributed by atoms with Gasteiger partial charge in [-0.05, 0) is 91.4 Å². The summed E-state index contributed by atoms with van der Waals surface area (Å²) in [5.74, 6) is -6.42. The molecule has 13 N–H and O–H groups in total. The number of likely N-dealkylation sites (N-methyl/N-ethyl adjacent to an activating group) is 2. The van der Waals surface area contributed by atoms with Gasteiger partial charge in [0, 0.05) is 62.1 Å². The number of carboxylic acids is 1. The van der Waals surface area contributed by atoms with Crippen LogP contribution < -0.4 is 56.4 Å². The SMILES string of the molecule is C=C/C(=C\C(=O)N(C)c1ccc(OCCC(C)(C)C)cc1)C(=O)N[C@@H](CNS(N)(=O)=O)C(=O)N(C)C1C(=O)N[C@@H](C)C(=O)NC(C(=O)O)Cc2ccc(OC[C@H](O)CN)c(c2)-c2cc1cc(OCCCN)c2O. The number of carboxylic acid groups (broad SMARTS) is 1. The fourth-order valence-corrected chi connectivity index (χ4v) is 7.53. The van der Waals surface area contributed by atoms with Crippen LogP contribution in [0.25, 0.3) is 11.1 Å². The van der Waals surface area contributed by atoms with Crippen LogP contribution in [0.2, 0.25) is 0 Å². The summed E-state index contributed by atoms with van der Waals surface area (Å²) in [5, 5.41) is 44.9. The number of ether oxygens (including phenoxy) is 3. The molecular weight excluding hydrogens is 971 g/mol. The second-order valence-corrected chi connectivity index (χ2v) is 19.8. The van der Waals surface area contributed by atoms with Crippen molar-refractivity contribution >= 4 is 51.4 Å². The van der Waals surface area contributed by atoms with Gasteiger partial charge in [0.25, 0.3) is 22.0 Å². The van der Waals surface area contributed by atoms with E-state index in [4.69, 9.17) is 30.8 Å². The quantitative estimate of drug-likeness (QED) is 0.0372. The highest BCUT2D eigenvalue weighted by Gasteiger charge is 2.37. The van der Waals surface area contributed by atoms with E-state index in [9.17, 15) is 52.5 Å². The first-order valence-corrected chi connectivity index (χ1v) is 24.7. The van der Waals surface area contributed by atoms with Crippen LogP contribution in [0.4, 0.5) is 5.69 Å². The summed E-state index contributed by atoms with van der Waals surface area (Å²) < 4.78 is 44.2. The summed E-state index contributed by atoms with van der Waals surface area (Å²) in [7, 11) is -1.96. The molecule has 23 nitrogen and oxygen atoms in total. The average molecular weight is 1040 g/mol. The van der Waals surface area contributed by atoms with E-state index in [2.05, 4.69) is 43.3 Å². The predicted molar refractivity (Wildman–Crippen MR) is 270 cm³/mol. The lowest BCUT2D eigenvalue weighted by atomic mass is 9.93. The number of benzene rings is 3. The normalized spacial score (nSPS) is 17.1. The number of aromatic hydroxyl groups is 1. The van der Waals surface area contributed by atoms with Gasteiger partial charge in [0.05, 0.1) is 13.2 Å². The summed E-state index contributed by atoms with van der Waals surface area (Å²) in [5.41, 5.74) is 11.8. The zero-order valence-corrected chi connectivity index (χ0v) is 42.5. The Kier molecular flexibility index (Phi) is 20.9. The van der Waals surface area contributed by atoms with Gasteiger partial charge in [-0.1, -0.05) is 39.5 Å². The number of nitrogens with two attached hydrogens (primary N) is 3. The number of phenolic OH excluding ortho intramolecular Hbond substituents is 1.